The smallest absolute Gasteiger partial charge is 0.250 e. The van der Waals surface area contributed by atoms with Crippen LogP contribution in [0.15, 0.2) is 72.9 Å². The number of pyridine rings is 1. The molecular formula is C21H15N5O2. The Balaban J connectivity index is 1.77. The summed E-state index contributed by atoms with van der Waals surface area (Å²) in [6.45, 7) is 0. The zero-order valence-corrected chi connectivity index (χ0v) is 14.7. The van der Waals surface area contributed by atoms with E-state index in [9.17, 15) is 9.59 Å². The lowest BCUT2D eigenvalue weighted by molar-refractivity contribution is -0.112. The van der Waals surface area contributed by atoms with E-state index in [2.05, 4.69) is 25.6 Å². The number of fused-ring (bicyclic) bond motifs is 2. The van der Waals surface area contributed by atoms with Gasteiger partial charge in [-0.05, 0) is 29.7 Å². The monoisotopic (exact) mass is 369 g/mol. The van der Waals surface area contributed by atoms with Crippen molar-refractivity contribution in [3.8, 4) is 0 Å². The Labute approximate surface area is 160 Å². The molecule has 2 aromatic carbocycles. The van der Waals surface area contributed by atoms with Crippen LogP contribution in [0.25, 0.3) is 21.7 Å². The average Bonchev–Trinajstić information content (AvgIpc) is 2.72. The van der Waals surface area contributed by atoms with Crippen LogP contribution in [0.3, 0.4) is 0 Å². The number of para-hydroxylation sites is 1. The second-order valence-electron chi connectivity index (χ2n) is 5.90. The Hall–Kier alpha value is -4.13. The lowest BCUT2D eigenvalue weighted by atomic mass is 10.1. The Morgan fingerprint density at radius 1 is 0.893 bits per heavy atom. The van der Waals surface area contributed by atoms with E-state index in [4.69, 9.17) is 0 Å². The van der Waals surface area contributed by atoms with Gasteiger partial charge in [0.2, 0.25) is 5.95 Å². The standard InChI is InChI=1S/C21H15N5O2/c27-13-5-10-18(28)24-21-23-17-9-4-3-8-16(17)20(26-21)25-19-15-7-2-1-6-14(15)11-12-22-19/h1-13H,(H2,22,23,24,25,26,28). The number of nitrogens with zero attached hydrogens (tertiary/aromatic N) is 3. The highest BCUT2D eigenvalue weighted by molar-refractivity contribution is 6.02. The second-order valence-corrected chi connectivity index (χ2v) is 5.90. The molecule has 0 atom stereocenters. The zero-order valence-electron chi connectivity index (χ0n) is 14.7. The minimum Gasteiger partial charge on any atom is -0.324 e. The zero-order chi connectivity index (χ0) is 19.3. The molecule has 0 radical (unpaired) electrons. The summed E-state index contributed by atoms with van der Waals surface area (Å²) in [5.41, 5.74) is 0.662. The molecule has 0 bridgehead atoms. The van der Waals surface area contributed by atoms with Crippen LogP contribution in [0.2, 0.25) is 0 Å². The van der Waals surface area contributed by atoms with Crippen molar-refractivity contribution in [1.29, 1.82) is 0 Å². The molecule has 136 valence electrons. The van der Waals surface area contributed by atoms with E-state index in [1.165, 1.54) is 0 Å². The number of anilines is 3. The third-order valence-electron chi connectivity index (χ3n) is 4.07. The van der Waals surface area contributed by atoms with E-state index in [1.54, 1.807) is 6.20 Å². The first-order valence-corrected chi connectivity index (χ1v) is 8.55. The van der Waals surface area contributed by atoms with E-state index in [1.807, 2.05) is 54.6 Å². The number of carbonyl (C=O) groups excluding carboxylic acids is 2. The van der Waals surface area contributed by atoms with Crippen molar-refractivity contribution in [1.82, 2.24) is 15.0 Å². The number of hydrogen-bond donors (Lipinski definition) is 2. The highest BCUT2D eigenvalue weighted by Crippen LogP contribution is 2.28. The van der Waals surface area contributed by atoms with Crippen LogP contribution in [0, 0.1) is 0 Å². The molecule has 7 nitrogen and oxygen atoms in total. The van der Waals surface area contributed by atoms with Gasteiger partial charge in [-0.25, -0.2) is 9.97 Å². The van der Waals surface area contributed by atoms with Gasteiger partial charge in [-0.15, -0.1) is 0 Å². The minimum absolute atomic E-state index is 0.127. The molecule has 4 aromatic rings. The maximum Gasteiger partial charge on any atom is 0.250 e. The van der Waals surface area contributed by atoms with E-state index in [0.29, 0.717) is 23.4 Å². The van der Waals surface area contributed by atoms with Crippen LogP contribution in [-0.2, 0) is 9.59 Å². The molecule has 0 saturated carbocycles. The summed E-state index contributed by atoms with van der Waals surface area (Å²) in [4.78, 5) is 35.5. The fourth-order valence-corrected chi connectivity index (χ4v) is 2.84. The summed E-state index contributed by atoms with van der Waals surface area (Å²) < 4.78 is 0. The van der Waals surface area contributed by atoms with Gasteiger partial charge in [0.05, 0.1) is 5.52 Å². The van der Waals surface area contributed by atoms with Gasteiger partial charge in [0.15, 0.2) is 0 Å². The normalized spacial score (nSPS) is 11.0. The molecule has 0 spiro atoms. The number of aldehydes is 1. The summed E-state index contributed by atoms with van der Waals surface area (Å²) in [6, 6.07) is 17.3. The number of rotatable bonds is 5. The molecule has 28 heavy (non-hydrogen) atoms. The highest BCUT2D eigenvalue weighted by Gasteiger charge is 2.11. The van der Waals surface area contributed by atoms with Crippen LogP contribution in [0.5, 0.6) is 0 Å². The largest absolute Gasteiger partial charge is 0.324 e. The molecular weight excluding hydrogens is 354 g/mol. The number of carbonyl (C=O) groups is 2. The minimum atomic E-state index is -0.489. The molecule has 0 unspecified atom stereocenters. The molecule has 7 heteroatoms. The average molecular weight is 369 g/mol. The molecule has 0 aliphatic carbocycles. The maximum atomic E-state index is 11.9. The number of nitrogens with one attached hydrogen (secondary N) is 2. The molecule has 2 aromatic heterocycles. The predicted molar refractivity (Wildman–Crippen MR) is 108 cm³/mol. The van der Waals surface area contributed by atoms with Crippen LogP contribution < -0.4 is 10.6 Å². The van der Waals surface area contributed by atoms with Gasteiger partial charge in [-0.3, -0.25) is 14.9 Å². The lowest BCUT2D eigenvalue weighted by Gasteiger charge is -2.12. The van der Waals surface area contributed by atoms with Gasteiger partial charge < -0.3 is 5.32 Å². The molecule has 1 amide bonds. The number of allylic oxidation sites excluding steroid dienone is 1. The topological polar surface area (TPSA) is 96.9 Å². The molecule has 0 aliphatic rings. The number of benzene rings is 2. The Bertz CT molecular complexity index is 1210. The third-order valence-corrected chi connectivity index (χ3v) is 4.07. The van der Waals surface area contributed by atoms with Gasteiger partial charge >= 0.3 is 0 Å². The summed E-state index contributed by atoms with van der Waals surface area (Å²) in [7, 11) is 0. The molecule has 0 fully saturated rings. The summed E-state index contributed by atoms with van der Waals surface area (Å²) in [5, 5.41) is 8.61. The van der Waals surface area contributed by atoms with Gasteiger partial charge in [0.25, 0.3) is 5.91 Å². The highest BCUT2D eigenvalue weighted by atomic mass is 16.1. The number of hydrogen-bond acceptors (Lipinski definition) is 6. The maximum absolute atomic E-state index is 11.9. The van der Waals surface area contributed by atoms with E-state index >= 15 is 0 Å². The lowest BCUT2D eigenvalue weighted by Crippen LogP contribution is -2.12. The van der Waals surface area contributed by atoms with E-state index < -0.39 is 5.91 Å². The van der Waals surface area contributed by atoms with Gasteiger partial charge in [-0.1, -0.05) is 36.4 Å². The van der Waals surface area contributed by atoms with Crippen LogP contribution in [0.1, 0.15) is 0 Å². The summed E-state index contributed by atoms with van der Waals surface area (Å²) in [5.74, 6) is 0.808. The molecule has 0 aliphatic heterocycles. The molecule has 2 N–H and O–H groups in total. The second kappa shape index (κ2) is 7.63. The number of amides is 1. The van der Waals surface area contributed by atoms with Gasteiger partial charge in [-0.2, -0.15) is 4.98 Å². The van der Waals surface area contributed by atoms with Crippen molar-refractivity contribution in [2.24, 2.45) is 0 Å². The molecule has 4 rings (SSSR count). The van der Waals surface area contributed by atoms with Crippen LogP contribution in [-0.4, -0.2) is 27.1 Å². The summed E-state index contributed by atoms with van der Waals surface area (Å²) in [6.07, 6.45) is 4.47. The van der Waals surface area contributed by atoms with Crippen molar-refractivity contribution < 1.29 is 9.59 Å². The Morgan fingerprint density at radius 3 is 2.54 bits per heavy atom. The van der Waals surface area contributed by atoms with Gasteiger partial charge in [0.1, 0.15) is 17.9 Å². The first-order chi connectivity index (χ1) is 13.7. The molecule has 2 heterocycles. The van der Waals surface area contributed by atoms with E-state index in [0.717, 1.165) is 28.3 Å². The Kier molecular flexibility index (Phi) is 4.71. The van der Waals surface area contributed by atoms with Crippen LogP contribution >= 0.6 is 0 Å². The third kappa shape index (κ3) is 3.54. The number of aromatic nitrogens is 3. The van der Waals surface area contributed by atoms with Crippen molar-refractivity contribution in [2.45, 2.75) is 0 Å². The Morgan fingerprint density at radius 2 is 1.68 bits per heavy atom. The summed E-state index contributed by atoms with van der Waals surface area (Å²) >= 11 is 0. The fraction of sp³-hybridized carbons (Fsp3) is 0. The first kappa shape index (κ1) is 17.3. The molecule has 0 saturated heterocycles. The van der Waals surface area contributed by atoms with Crippen molar-refractivity contribution in [3.05, 3.63) is 72.9 Å². The first-order valence-electron chi connectivity index (χ1n) is 8.55. The van der Waals surface area contributed by atoms with E-state index in [-0.39, 0.29) is 5.95 Å². The van der Waals surface area contributed by atoms with Gasteiger partial charge in [0, 0.05) is 23.0 Å². The quantitative estimate of drug-likeness (QED) is 0.412. The van der Waals surface area contributed by atoms with Crippen molar-refractivity contribution >= 4 is 51.5 Å². The predicted octanol–water partition coefficient (Wildman–Crippen LogP) is 3.62. The van der Waals surface area contributed by atoms with Crippen molar-refractivity contribution in [2.75, 3.05) is 10.6 Å². The van der Waals surface area contributed by atoms with Crippen LogP contribution in [0.4, 0.5) is 17.6 Å². The fourth-order valence-electron chi connectivity index (χ4n) is 2.84. The van der Waals surface area contributed by atoms with Crippen molar-refractivity contribution in [3.63, 3.8) is 0 Å². The SMILES string of the molecule is O=CC=CC(=O)Nc1nc(Nc2nccc3ccccc23)c2ccccc2n1.